The molecule has 0 atom stereocenters. The maximum absolute atomic E-state index is 12.8. The second-order valence-corrected chi connectivity index (χ2v) is 8.30. The van der Waals surface area contributed by atoms with E-state index in [0.29, 0.717) is 17.1 Å². The second kappa shape index (κ2) is 10.1. The van der Waals surface area contributed by atoms with Gasteiger partial charge in [0, 0.05) is 12.6 Å². The molecule has 30 heavy (non-hydrogen) atoms. The lowest BCUT2D eigenvalue weighted by Gasteiger charge is -2.18. The van der Waals surface area contributed by atoms with Crippen LogP contribution in [0.5, 0.6) is 17.2 Å². The van der Waals surface area contributed by atoms with Crippen LogP contribution in [0.1, 0.15) is 11.1 Å². The van der Waals surface area contributed by atoms with Crippen LogP contribution in [-0.2, 0) is 14.8 Å². The fourth-order valence-corrected chi connectivity index (χ4v) is 4.03. The zero-order valence-electron chi connectivity index (χ0n) is 17.5. The number of hydrogen-bond donors (Lipinski definition) is 1. The first-order chi connectivity index (χ1) is 14.2. The summed E-state index contributed by atoms with van der Waals surface area (Å²) in [6.07, 6.45) is 1.39. The largest absolute Gasteiger partial charge is 0.495 e. The van der Waals surface area contributed by atoms with E-state index in [9.17, 15) is 13.2 Å². The number of hydrogen-bond acceptors (Lipinski definition) is 7. The number of benzene rings is 2. The van der Waals surface area contributed by atoms with E-state index < -0.39 is 22.5 Å². The molecule has 0 aliphatic rings. The molecular formula is C20H25N3O6S. The minimum atomic E-state index is -3.94. The molecule has 1 N–H and O–H groups in total. The lowest BCUT2D eigenvalue weighted by Crippen LogP contribution is -2.36. The predicted molar refractivity (Wildman–Crippen MR) is 113 cm³/mol. The summed E-state index contributed by atoms with van der Waals surface area (Å²) in [5, 5.41) is 3.87. The van der Waals surface area contributed by atoms with Crippen molar-refractivity contribution in [2.75, 3.05) is 34.9 Å². The Morgan fingerprint density at radius 2 is 1.80 bits per heavy atom. The highest BCUT2D eigenvalue weighted by atomic mass is 32.2. The van der Waals surface area contributed by atoms with Gasteiger partial charge in [0.15, 0.2) is 11.5 Å². The summed E-state index contributed by atoms with van der Waals surface area (Å²) in [6, 6.07) is 10.0. The molecule has 0 saturated heterocycles. The van der Waals surface area contributed by atoms with Crippen molar-refractivity contribution in [1.29, 1.82) is 0 Å². The van der Waals surface area contributed by atoms with E-state index in [4.69, 9.17) is 14.2 Å². The van der Waals surface area contributed by atoms with Gasteiger partial charge in [0.1, 0.15) is 10.6 Å². The van der Waals surface area contributed by atoms with Crippen molar-refractivity contribution >= 4 is 22.1 Å². The van der Waals surface area contributed by atoms with Gasteiger partial charge in [-0.1, -0.05) is 12.1 Å². The molecule has 10 heteroatoms. The fraction of sp³-hybridized carbons (Fsp3) is 0.300. The molecule has 2 aromatic carbocycles. The van der Waals surface area contributed by atoms with Crippen LogP contribution in [0.2, 0.25) is 0 Å². The first-order valence-electron chi connectivity index (χ1n) is 8.88. The van der Waals surface area contributed by atoms with Crippen molar-refractivity contribution in [3.05, 3.63) is 47.5 Å². The molecule has 1 amide bonds. The first-order valence-corrected chi connectivity index (χ1v) is 10.3. The first kappa shape index (κ1) is 23.2. The van der Waals surface area contributed by atoms with E-state index in [1.165, 1.54) is 40.7 Å². The topological polar surface area (TPSA) is 107 Å². The van der Waals surface area contributed by atoms with E-state index in [1.807, 2.05) is 0 Å². The normalized spacial score (nSPS) is 11.5. The van der Waals surface area contributed by atoms with Gasteiger partial charge in [-0.2, -0.15) is 9.41 Å². The lowest BCUT2D eigenvalue weighted by molar-refractivity contribution is -0.121. The van der Waals surface area contributed by atoms with Gasteiger partial charge in [-0.25, -0.2) is 13.8 Å². The highest BCUT2D eigenvalue weighted by Crippen LogP contribution is 2.29. The van der Waals surface area contributed by atoms with Crippen molar-refractivity contribution in [2.45, 2.75) is 11.8 Å². The van der Waals surface area contributed by atoms with Gasteiger partial charge < -0.3 is 14.2 Å². The van der Waals surface area contributed by atoms with Crippen molar-refractivity contribution in [1.82, 2.24) is 9.73 Å². The third-order valence-electron chi connectivity index (χ3n) is 4.20. The molecule has 9 nitrogen and oxygen atoms in total. The summed E-state index contributed by atoms with van der Waals surface area (Å²) in [6.45, 7) is 1.35. The number of nitrogens with zero attached hydrogens (tertiary/aromatic N) is 2. The summed E-state index contributed by atoms with van der Waals surface area (Å²) in [5.74, 6) is 0.580. The number of ether oxygens (including phenoxy) is 3. The molecule has 2 aromatic rings. The average Bonchev–Trinajstić information content (AvgIpc) is 2.73. The van der Waals surface area contributed by atoms with Gasteiger partial charge in [-0.3, -0.25) is 4.79 Å². The molecule has 0 aliphatic carbocycles. The van der Waals surface area contributed by atoms with Crippen LogP contribution in [0.15, 0.2) is 46.4 Å². The molecule has 0 aromatic heterocycles. The van der Waals surface area contributed by atoms with Crippen LogP contribution < -0.4 is 19.6 Å². The van der Waals surface area contributed by atoms with Crippen molar-refractivity contribution in [3.8, 4) is 17.2 Å². The third kappa shape index (κ3) is 5.28. The fourth-order valence-electron chi connectivity index (χ4n) is 2.66. The zero-order valence-corrected chi connectivity index (χ0v) is 18.3. The van der Waals surface area contributed by atoms with Crippen molar-refractivity contribution in [2.24, 2.45) is 5.10 Å². The number of amides is 1. The number of carbonyl (C=O) groups is 1. The van der Waals surface area contributed by atoms with Crippen LogP contribution >= 0.6 is 0 Å². The Morgan fingerprint density at radius 3 is 2.43 bits per heavy atom. The molecule has 0 heterocycles. The van der Waals surface area contributed by atoms with Crippen LogP contribution in [0, 0.1) is 6.92 Å². The predicted octanol–water partition coefficient (Wildman–Crippen LogP) is 1.79. The Kier molecular flexibility index (Phi) is 7.79. The Balaban J connectivity index is 2.10. The summed E-state index contributed by atoms with van der Waals surface area (Å²) in [7, 11) is 1.77. The van der Waals surface area contributed by atoms with E-state index in [0.717, 1.165) is 9.87 Å². The second-order valence-electron chi connectivity index (χ2n) is 6.29. The molecule has 162 valence electrons. The zero-order chi connectivity index (χ0) is 22.3. The standard InChI is InChI=1S/C20H25N3O6S/c1-14-9-10-16(27-3)18(11-14)30(25,26)23(2)13-19(24)22-21-12-15-7-6-8-17(28-4)20(15)29-5/h6-12H,13H2,1-5H3,(H,22,24). The summed E-state index contributed by atoms with van der Waals surface area (Å²) >= 11 is 0. The van der Waals surface area contributed by atoms with E-state index in [1.54, 1.807) is 37.3 Å². The quantitative estimate of drug-likeness (QED) is 0.475. The average molecular weight is 436 g/mol. The van der Waals surface area contributed by atoms with Crippen LogP contribution in [0.4, 0.5) is 0 Å². The van der Waals surface area contributed by atoms with Gasteiger partial charge >= 0.3 is 0 Å². The Labute approximate surface area is 176 Å². The smallest absolute Gasteiger partial charge is 0.255 e. The van der Waals surface area contributed by atoms with Crippen molar-refractivity contribution in [3.63, 3.8) is 0 Å². The van der Waals surface area contributed by atoms with Crippen molar-refractivity contribution < 1.29 is 27.4 Å². The lowest BCUT2D eigenvalue weighted by atomic mass is 10.2. The number of methoxy groups -OCH3 is 3. The number of sulfonamides is 1. The maximum atomic E-state index is 12.8. The number of carbonyl (C=O) groups excluding carboxylic acids is 1. The van der Waals surface area contributed by atoms with E-state index in [2.05, 4.69) is 10.5 Å². The Morgan fingerprint density at radius 1 is 1.10 bits per heavy atom. The minimum Gasteiger partial charge on any atom is -0.495 e. The Bertz CT molecular complexity index is 1040. The minimum absolute atomic E-state index is 0.00933. The molecule has 0 spiro atoms. The van der Waals surface area contributed by atoms with Crippen LogP contribution in [0.3, 0.4) is 0 Å². The monoisotopic (exact) mass is 435 g/mol. The number of aryl methyl sites for hydroxylation is 1. The number of nitrogens with one attached hydrogen (secondary N) is 1. The number of likely N-dealkylation sites (N-methyl/N-ethyl adjacent to an activating group) is 1. The van der Waals surface area contributed by atoms with Gasteiger partial charge in [-0.15, -0.1) is 0 Å². The number of rotatable bonds is 9. The van der Waals surface area contributed by atoms with Crippen LogP contribution in [-0.4, -0.2) is 59.8 Å². The highest BCUT2D eigenvalue weighted by molar-refractivity contribution is 7.89. The van der Waals surface area contributed by atoms with Crippen LogP contribution in [0.25, 0.3) is 0 Å². The molecule has 0 aliphatic heterocycles. The Hall–Kier alpha value is -3.11. The van der Waals surface area contributed by atoms with Gasteiger partial charge in [0.2, 0.25) is 10.0 Å². The number of para-hydroxylation sites is 1. The summed E-state index contributed by atoms with van der Waals surface area (Å²) in [5.41, 5.74) is 3.65. The highest BCUT2D eigenvalue weighted by Gasteiger charge is 2.26. The van der Waals surface area contributed by atoms with Gasteiger partial charge in [0.05, 0.1) is 34.1 Å². The molecule has 0 bridgehead atoms. The molecule has 0 saturated carbocycles. The van der Waals surface area contributed by atoms with Gasteiger partial charge in [-0.05, 0) is 36.8 Å². The molecule has 2 rings (SSSR count). The summed E-state index contributed by atoms with van der Waals surface area (Å²) in [4.78, 5) is 12.2. The SMILES string of the molecule is COc1ccc(C)cc1S(=O)(=O)N(C)CC(=O)NN=Cc1cccc(OC)c1OC. The maximum Gasteiger partial charge on any atom is 0.255 e. The molecule has 0 fully saturated rings. The van der Waals surface area contributed by atoms with E-state index >= 15 is 0 Å². The third-order valence-corrected chi connectivity index (χ3v) is 6.02. The van der Waals surface area contributed by atoms with E-state index in [-0.39, 0.29) is 10.6 Å². The number of hydrazone groups is 1. The molecule has 0 unspecified atom stereocenters. The molecule has 0 radical (unpaired) electrons. The summed E-state index contributed by atoms with van der Waals surface area (Å²) < 4.78 is 42.3. The van der Waals surface area contributed by atoms with Gasteiger partial charge in [0.25, 0.3) is 5.91 Å². The molecular weight excluding hydrogens is 410 g/mol.